The van der Waals surface area contributed by atoms with E-state index in [2.05, 4.69) is 33.8 Å². The fraction of sp³-hybridized carbons (Fsp3) is 0.312. The average molecular weight is 592 g/mol. The molecule has 1 N–H and O–H groups in total. The lowest BCUT2D eigenvalue weighted by Gasteiger charge is -2.34. The van der Waals surface area contributed by atoms with Gasteiger partial charge < -0.3 is 19.9 Å². The van der Waals surface area contributed by atoms with Gasteiger partial charge in [-0.1, -0.05) is 6.58 Å². The van der Waals surface area contributed by atoms with Gasteiger partial charge in [0.05, 0.1) is 5.69 Å². The molecule has 2 aromatic carbocycles. The number of allylic oxidation sites excluding steroid dienone is 1. The number of carbonyl (C=O) groups is 3. The molecule has 1 aliphatic heterocycles. The van der Waals surface area contributed by atoms with Gasteiger partial charge in [-0.25, -0.2) is 13.6 Å². The lowest BCUT2D eigenvalue weighted by atomic mass is 10.0. The van der Waals surface area contributed by atoms with Crippen molar-refractivity contribution in [2.24, 2.45) is 0 Å². The number of benzene rings is 2. The number of ether oxygens (including phenoxy) is 1. The summed E-state index contributed by atoms with van der Waals surface area (Å²) in [5.74, 6) is -2.43. The summed E-state index contributed by atoms with van der Waals surface area (Å²) < 4.78 is 36.1. The van der Waals surface area contributed by atoms with Crippen molar-refractivity contribution in [2.45, 2.75) is 33.3 Å². The van der Waals surface area contributed by atoms with Gasteiger partial charge in [0.15, 0.2) is 5.82 Å². The molecule has 43 heavy (non-hydrogen) atoms. The number of aldehydes is 1. The first-order valence-electron chi connectivity index (χ1n) is 13.8. The van der Waals surface area contributed by atoms with E-state index in [1.165, 1.54) is 19.1 Å². The van der Waals surface area contributed by atoms with Crippen LogP contribution in [-0.4, -0.2) is 71.8 Å². The third-order valence-corrected chi connectivity index (χ3v) is 6.90. The van der Waals surface area contributed by atoms with Crippen molar-refractivity contribution in [3.05, 3.63) is 82.6 Å². The topological polar surface area (TPSA) is 96.8 Å². The van der Waals surface area contributed by atoms with E-state index in [9.17, 15) is 23.2 Å². The van der Waals surface area contributed by atoms with E-state index in [0.717, 1.165) is 48.7 Å². The third-order valence-electron chi connectivity index (χ3n) is 6.90. The van der Waals surface area contributed by atoms with E-state index in [1.54, 1.807) is 32.9 Å². The molecule has 1 aromatic heterocycles. The van der Waals surface area contributed by atoms with Crippen molar-refractivity contribution in [2.75, 3.05) is 43.4 Å². The van der Waals surface area contributed by atoms with E-state index >= 15 is 0 Å². The van der Waals surface area contributed by atoms with E-state index in [-0.39, 0.29) is 33.8 Å². The summed E-state index contributed by atoms with van der Waals surface area (Å²) in [7, 11) is 2.08. The van der Waals surface area contributed by atoms with Crippen LogP contribution in [0.1, 0.15) is 65.2 Å². The average Bonchev–Trinajstić information content (AvgIpc) is 3.28. The maximum absolute atomic E-state index is 14.8. The van der Waals surface area contributed by atoms with Gasteiger partial charge in [-0.3, -0.25) is 9.59 Å². The number of anilines is 2. The van der Waals surface area contributed by atoms with Crippen LogP contribution < -0.4 is 10.2 Å². The van der Waals surface area contributed by atoms with Crippen molar-refractivity contribution in [3.8, 4) is 0 Å². The van der Waals surface area contributed by atoms with E-state index in [0.29, 0.717) is 11.8 Å². The zero-order chi connectivity index (χ0) is 31.5. The van der Waals surface area contributed by atoms with Gasteiger partial charge in [-0.15, -0.1) is 5.10 Å². The zero-order valence-electron chi connectivity index (χ0n) is 24.9. The van der Waals surface area contributed by atoms with Gasteiger partial charge in [-0.2, -0.15) is 4.68 Å². The minimum Gasteiger partial charge on any atom is -0.442 e. The van der Waals surface area contributed by atoms with Crippen LogP contribution >= 0.6 is 0 Å². The summed E-state index contributed by atoms with van der Waals surface area (Å²) in [4.78, 5) is 41.9. The lowest BCUT2D eigenvalue weighted by Crippen LogP contribution is -2.44. The van der Waals surface area contributed by atoms with Crippen molar-refractivity contribution in [1.29, 1.82) is 0 Å². The van der Waals surface area contributed by atoms with Crippen molar-refractivity contribution in [1.82, 2.24) is 14.7 Å². The molecule has 3 aromatic rings. The van der Waals surface area contributed by atoms with Crippen LogP contribution in [0.15, 0.2) is 43.0 Å². The molecule has 0 bridgehead atoms. The Morgan fingerprint density at radius 1 is 1.05 bits per heavy atom. The molecule has 9 nitrogen and oxygen atoms in total. The van der Waals surface area contributed by atoms with Crippen molar-refractivity contribution >= 4 is 47.5 Å². The lowest BCUT2D eigenvalue weighted by molar-refractivity contribution is 0.0513. The second-order valence-electron chi connectivity index (χ2n) is 11.3. The molecule has 0 saturated carbocycles. The molecule has 0 unspecified atom stereocenters. The van der Waals surface area contributed by atoms with Crippen LogP contribution in [-0.2, 0) is 4.74 Å². The van der Waals surface area contributed by atoms with E-state index in [1.807, 2.05) is 12.1 Å². The largest absolute Gasteiger partial charge is 0.442 e. The second-order valence-corrected chi connectivity index (χ2v) is 11.3. The maximum Gasteiger partial charge on any atom is 0.435 e. The Labute approximate surface area is 249 Å². The molecular weight excluding hydrogens is 556 g/mol. The molecule has 0 spiro atoms. The number of hydrogen-bond donors (Lipinski definition) is 1. The Hall–Kier alpha value is -4.64. The first-order valence-corrected chi connectivity index (χ1v) is 13.8. The SMILES string of the molecule is C=Cc1c(/C=C(\C)c2c(F)cc(C=O)cc2F)c(NC(=O)c2ccc(N3CCN(C)CC3)cc2)nn1C(=O)OC(C)(C)C. The molecule has 1 fully saturated rings. The van der Waals surface area contributed by atoms with E-state index < -0.39 is 29.2 Å². The van der Waals surface area contributed by atoms with Crippen molar-refractivity contribution in [3.63, 3.8) is 0 Å². The standard InChI is InChI=1S/C32H35F2N5O4/c1-7-27-24(16-20(2)28-25(33)17-21(19-40)18-26(28)34)29(36-39(27)31(42)43-32(3,4)5)35-30(41)22-8-10-23(11-9-22)38-14-12-37(6)13-15-38/h7-11,16-19H,1,12-15H2,2-6H3,(H,35,36,41)/b20-16+. The number of nitrogens with zero attached hydrogens (tertiary/aromatic N) is 4. The van der Waals surface area contributed by atoms with Gasteiger partial charge in [0.2, 0.25) is 0 Å². The number of amides is 1. The van der Waals surface area contributed by atoms with Crippen molar-refractivity contribution < 1.29 is 27.9 Å². The highest BCUT2D eigenvalue weighted by Crippen LogP contribution is 2.30. The van der Waals surface area contributed by atoms with Crippen LogP contribution in [0.3, 0.4) is 0 Å². The third kappa shape index (κ3) is 7.23. The smallest absolute Gasteiger partial charge is 0.435 e. The summed E-state index contributed by atoms with van der Waals surface area (Å²) in [5, 5.41) is 7.02. The number of halogens is 2. The Bertz CT molecular complexity index is 1560. The molecule has 2 heterocycles. The molecule has 0 atom stereocenters. The highest BCUT2D eigenvalue weighted by molar-refractivity contribution is 6.06. The Balaban J connectivity index is 1.72. The zero-order valence-corrected chi connectivity index (χ0v) is 24.9. The van der Waals surface area contributed by atoms with Gasteiger partial charge in [0.25, 0.3) is 5.91 Å². The Morgan fingerprint density at radius 3 is 2.19 bits per heavy atom. The number of nitrogens with one attached hydrogen (secondary N) is 1. The maximum atomic E-state index is 14.8. The van der Waals surface area contributed by atoms with Gasteiger partial charge in [-0.05, 0) is 88.9 Å². The molecule has 1 amide bonds. The second kappa shape index (κ2) is 12.7. The van der Waals surface area contributed by atoms with Gasteiger partial charge >= 0.3 is 6.09 Å². The first kappa shape index (κ1) is 31.3. The molecule has 0 radical (unpaired) electrons. The minimum absolute atomic E-state index is 0.0430. The van der Waals surface area contributed by atoms with Crippen LogP contribution in [0.5, 0.6) is 0 Å². The number of hydrogen-bond acceptors (Lipinski definition) is 7. The number of likely N-dealkylation sites (N-methyl/N-ethyl adjacent to an activating group) is 1. The Kier molecular flexibility index (Phi) is 9.24. The Morgan fingerprint density at radius 2 is 1.65 bits per heavy atom. The fourth-order valence-electron chi connectivity index (χ4n) is 4.71. The van der Waals surface area contributed by atoms with E-state index in [4.69, 9.17) is 4.74 Å². The van der Waals surface area contributed by atoms with Crippen LogP contribution in [0.25, 0.3) is 17.7 Å². The minimum atomic E-state index is -0.943. The highest BCUT2D eigenvalue weighted by atomic mass is 19.1. The predicted molar refractivity (Wildman–Crippen MR) is 163 cm³/mol. The summed E-state index contributed by atoms with van der Waals surface area (Å²) >= 11 is 0. The molecule has 226 valence electrons. The van der Waals surface area contributed by atoms with Crippen LogP contribution in [0.4, 0.5) is 25.1 Å². The molecular formula is C32H35F2N5O4. The summed E-state index contributed by atoms with van der Waals surface area (Å²) in [5.41, 5.74) is 0.402. The van der Waals surface area contributed by atoms with Crippen LogP contribution in [0, 0.1) is 11.6 Å². The molecule has 4 rings (SSSR count). The molecule has 0 aliphatic carbocycles. The number of rotatable bonds is 7. The summed E-state index contributed by atoms with van der Waals surface area (Å²) in [6, 6.07) is 8.98. The molecule has 11 heteroatoms. The first-order chi connectivity index (χ1) is 20.3. The fourth-order valence-corrected chi connectivity index (χ4v) is 4.71. The van der Waals surface area contributed by atoms with Gasteiger partial charge in [0.1, 0.15) is 23.5 Å². The predicted octanol–water partition coefficient (Wildman–Crippen LogP) is 5.96. The highest BCUT2D eigenvalue weighted by Gasteiger charge is 2.26. The number of aromatic nitrogens is 2. The monoisotopic (exact) mass is 591 g/mol. The number of carbonyl (C=O) groups excluding carboxylic acids is 3. The van der Waals surface area contributed by atoms with Crippen LogP contribution in [0.2, 0.25) is 0 Å². The normalized spacial score (nSPS) is 14.4. The summed E-state index contributed by atoms with van der Waals surface area (Å²) in [6.07, 6.45) is 2.23. The molecule has 1 saturated heterocycles. The van der Waals surface area contributed by atoms with Gasteiger partial charge in [0, 0.05) is 54.1 Å². The quantitative estimate of drug-likeness (QED) is 0.339. The molecule has 1 aliphatic rings. The summed E-state index contributed by atoms with van der Waals surface area (Å²) in [6.45, 7) is 13.9. The number of piperazine rings is 1.